The normalized spacial score (nSPS) is 12.4. The number of carboxylic acids is 1. The highest BCUT2D eigenvalue weighted by molar-refractivity contribution is 5.99. The number of nitrogens with zero attached hydrogens (tertiary/aromatic N) is 2. The molecule has 0 saturated carbocycles. The molecule has 0 heterocycles. The van der Waals surface area contributed by atoms with E-state index in [1.165, 1.54) is 18.0 Å². The van der Waals surface area contributed by atoms with Crippen molar-refractivity contribution in [2.24, 2.45) is 0 Å². The third-order valence-corrected chi connectivity index (χ3v) is 2.17. The number of rotatable bonds is 8. The molecule has 1 atom stereocenters. The van der Waals surface area contributed by atoms with Gasteiger partial charge in [-0.05, 0) is 6.92 Å². The Kier molecular flexibility index (Phi) is 7.92. The molecule has 0 aromatic heterocycles. The molecule has 19 heavy (non-hydrogen) atoms. The molecule has 1 unspecified atom stereocenters. The molecule has 106 valence electrons. The van der Waals surface area contributed by atoms with Crippen LogP contribution >= 0.6 is 0 Å². The predicted octanol–water partition coefficient (Wildman–Crippen LogP) is -1.73. The van der Waals surface area contributed by atoms with E-state index in [9.17, 15) is 9.59 Å². The van der Waals surface area contributed by atoms with Crippen LogP contribution in [-0.2, 0) is 9.59 Å². The molecule has 0 spiro atoms. The summed E-state index contributed by atoms with van der Waals surface area (Å²) in [5, 5.41) is 37.2. The minimum atomic E-state index is -1.21. The Morgan fingerprint density at radius 2 is 1.89 bits per heavy atom. The molecular weight excluding hydrogens is 254 g/mol. The Balaban J connectivity index is 4.82. The fraction of sp³-hybridized carbons (Fsp3) is 0.545. The highest BCUT2D eigenvalue weighted by atomic mass is 16.4. The van der Waals surface area contributed by atoms with E-state index in [1.54, 1.807) is 6.07 Å². The lowest BCUT2D eigenvalue weighted by Gasteiger charge is -2.18. The summed E-state index contributed by atoms with van der Waals surface area (Å²) in [4.78, 5) is 23.6. The van der Waals surface area contributed by atoms with Gasteiger partial charge in [0, 0.05) is 19.3 Å². The zero-order chi connectivity index (χ0) is 14.8. The second-order valence-corrected chi connectivity index (χ2v) is 3.67. The van der Waals surface area contributed by atoms with Crippen LogP contribution in [0.15, 0.2) is 11.8 Å². The zero-order valence-corrected chi connectivity index (χ0v) is 10.5. The fourth-order valence-corrected chi connectivity index (χ4v) is 1.15. The van der Waals surface area contributed by atoms with Gasteiger partial charge in [-0.15, -0.1) is 0 Å². The second-order valence-electron chi connectivity index (χ2n) is 3.67. The third kappa shape index (κ3) is 6.40. The number of amides is 1. The smallest absolute Gasteiger partial charge is 0.325 e. The Labute approximate surface area is 110 Å². The number of hydrogen-bond acceptors (Lipinski definition) is 6. The topological polar surface area (TPSA) is 134 Å². The van der Waals surface area contributed by atoms with Crippen LogP contribution in [0.5, 0.6) is 0 Å². The van der Waals surface area contributed by atoms with E-state index in [4.69, 9.17) is 20.6 Å². The Bertz CT molecular complexity index is 382. The van der Waals surface area contributed by atoms with Crippen molar-refractivity contribution in [3.8, 4) is 6.07 Å². The first kappa shape index (κ1) is 16.9. The van der Waals surface area contributed by atoms with Gasteiger partial charge in [0.05, 0.1) is 13.2 Å². The quantitative estimate of drug-likeness (QED) is 0.304. The summed E-state index contributed by atoms with van der Waals surface area (Å²) in [5.74, 6) is -2.04. The average Bonchev–Trinajstić information content (AvgIpc) is 2.35. The van der Waals surface area contributed by atoms with Gasteiger partial charge >= 0.3 is 5.97 Å². The number of aliphatic hydroxyl groups excluding tert-OH is 2. The van der Waals surface area contributed by atoms with Gasteiger partial charge in [0.15, 0.2) is 0 Å². The molecule has 0 aliphatic heterocycles. The van der Waals surface area contributed by atoms with Gasteiger partial charge in [0.25, 0.3) is 5.91 Å². The van der Waals surface area contributed by atoms with E-state index in [0.29, 0.717) is 0 Å². The summed E-state index contributed by atoms with van der Waals surface area (Å²) < 4.78 is 0. The first-order valence-corrected chi connectivity index (χ1v) is 5.57. The fourth-order valence-electron chi connectivity index (χ4n) is 1.15. The number of carbonyl (C=O) groups excluding carboxylic acids is 1. The van der Waals surface area contributed by atoms with Crippen molar-refractivity contribution in [1.29, 1.82) is 5.26 Å². The molecular formula is C11H17N3O5. The molecule has 8 nitrogen and oxygen atoms in total. The molecule has 8 heteroatoms. The maximum absolute atomic E-state index is 11.6. The van der Waals surface area contributed by atoms with Crippen molar-refractivity contribution in [2.45, 2.75) is 13.0 Å². The molecule has 0 aromatic rings. The summed E-state index contributed by atoms with van der Waals surface area (Å²) in [7, 11) is 0. The molecule has 0 aromatic carbocycles. The largest absolute Gasteiger partial charge is 0.480 e. The van der Waals surface area contributed by atoms with Crippen molar-refractivity contribution >= 4 is 11.9 Å². The van der Waals surface area contributed by atoms with Crippen LogP contribution in [0.2, 0.25) is 0 Å². The summed E-state index contributed by atoms with van der Waals surface area (Å²) in [6, 6.07) is 0.527. The Morgan fingerprint density at radius 3 is 2.26 bits per heavy atom. The highest BCUT2D eigenvalue weighted by Gasteiger charge is 2.17. The van der Waals surface area contributed by atoms with E-state index >= 15 is 0 Å². The number of hydrogen-bond donors (Lipinski definition) is 4. The molecule has 0 saturated heterocycles. The first-order chi connectivity index (χ1) is 8.96. The maximum Gasteiger partial charge on any atom is 0.325 e. The molecule has 0 rings (SSSR count). The van der Waals surface area contributed by atoms with Crippen LogP contribution in [0.1, 0.15) is 6.92 Å². The van der Waals surface area contributed by atoms with Crippen LogP contribution in [-0.4, -0.2) is 64.4 Å². The van der Waals surface area contributed by atoms with Gasteiger partial charge in [-0.3, -0.25) is 9.59 Å². The van der Waals surface area contributed by atoms with Gasteiger partial charge in [-0.2, -0.15) is 5.26 Å². The lowest BCUT2D eigenvalue weighted by molar-refractivity contribution is -0.140. The Hall–Kier alpha value is -2.11. The van der Waals surface area contributed by atoms with Gasteiger partial charge in [-0.1, -0.05) is 0 Å². The Morgan fingerprint density at radius 1 is 1.37 bits per heavy atom. The first-order valence-electron chi connectivity index (χ1n) is 5.57. The van der Waals surface area contributed by atoms with E-state index in [0.717, 1.165) is 0 Å². The van der Waals surface area contributed by atoms with Crippen molar-refractivity contribution in [3.05, 3.63) is 11.8 Å². The predicted molar refractivity (Wildman–Crippen MR) is 64.7 cm³/mol. The van der Waals surface area contributed by atoms with Crippen LogP contribution in [0.3, 0.4) is 0 Å². The molecule has 0 aliphatic carbocycles. The summed E-state index contributed by atoms with van der Waals surface area (Å²) in [6.07, 6.45) is 1.18. The standard InChI is InChI=1S/C11H17N3O5/c1-8(11(18)19)13-10(17)9(6-12)7-14(2-4-15)3-5-16/h7-8,15-16H,2-5H2,1H3,(H,13,17)(H,18,19)/b9-7-. The molecule has 0 radical (unpaired) electrons. The van der Waals surface area contributed by atoms with Gasteiger partial charge < -0.3 is 25.5 Å². The van der Waals surface area contributed by atoms with Gasteiger partial charge in [-0.25, -0.2) is 0 Å². The van der Waals surface area contributed by atoms with Crippen LogP contribution in [0, 0.1) is 11.3 Å². The second kappa shape index (κ2) is 8.91. The molecule has 0 aliphatic rings. The van der Waals surface area contributed by atoms with Crippen molar-refractivity contribution < 1.29 is 24.9 Å². The lowest BCUT2D eigenvalue weighted by Crippen LogP contribution is -2.39. The minimum Gasteiger partial charge on any atom is -0.480 e. The van der Waals surface area contributed by atoms with Gasteiger partial charge in [0.1, 0.15) is 17.7 Å². The summed E-state index contributed by atoms with van der Waals surface area (Å²) >= 11 is 0. The van der Waals surface area contributed by atoms with Crippen molar-refractivity contribution in [2.75, 3.05) is 26.3 Å². The van der Waals surface area contributed by atoms with Crippen molar-refractivity contribution in [3.63, 3.8) is 0 Å². The molecule has 1 amide bonds. The lowest BCUT2D eigenvalue weighted by atomic mass is 10.2. The summed E-state index contributed by atoms with van der Waals surface area (Å²) in [5.41, 5.74) is -0.296. The maximum atomic E-state index is 11.6. The van der Waals surface area contributed by atoms with Crippen LogP contribution in [0.4, 0.5) is 0 Å². The number of carboxylic acid groups (broad SMARTS) is 1. The average molecular weight is 271 g/mol. The number of nitrogens with one attached hydrogen (secondary N) is 1. The number of aliphatic carboxylic acids is 1. The molecule has 4 N–H and O–H groups in total. The molecule has 0 bridgehead atoms. The van der Waals surface area contributed by atoms with E-state index in [-0.39, 0.29) is 31.9 Å². The van der Waals surface area contributed by atoms with E-state index in [1.807, 2.05) is 0 Å². The molecule has 0 fully saturated rings. The van der Waals surface area contributed by atoms with Gasteiger partial charge in [0.2, 0.25) is 0 Å². The van der Waals surface area contributed by atoms with E-state index in [2.05, 4.69) is 5.32 Å². The van der Waals surface area contributed by atoms with Crippen molar-refractivity contribution in [1.82, 2.24) is 10.2 Å². The SMILES string of the molecule is CC(NC(=O)/C(C#N)=C\N(CCO)CCO)C(=O)O. The van der Waals surface area contributed by atoms with E-state index < -0.39 is 17.9 Å². The highest BCUT2D eigenvalue weighted by Crippen LogP contribution is 1.99. The minimum absolute atomic E-state index is 0.146. The number of carbonyl (C=O) groups is 2. The number of aliphatic hydroxyl groups is 2. The number of nitriles is 1. The summed E-state index contributed by atoms with van der Waals surface area (Å²) in [6.45, 7) is 1.15. The monoisotopic (exact) mass is 271 g/mol. The van der Waals surface area contributed by atoms with Crippen LogP contribution in [0.25, 0.3) is 0 Å². The third-order valence-electron chi connectivity index (χ3n) is 2.17. The van der Waals surface area contributed by atoms with Crippen LogP contribution < -0.4 is 5.32 Å². The zero-order valence-electron chi connectivity index (χ0n) is 10.5.